The molecule has 0 fully saturated rings. The van der Waals surface area contributed by atoms with Crippen molar-refractivity contribution in [2.45, 2.75) is 52.8 Å². The highest BCUT2D eigenvalue weighted by Crippen LogP contribution is 2.24. The lowest BCUT2D eigenvalue weighted by atomic mass is 10.3. The van der Waals surface area contributed by atoms with Gasteiger partial charge in [0.2, 0.25) is 0 Å². The fourth-order valence-electron chi connectivity index (χ4n) is 1.85. The minimum atomic E-state index is -4.27. The number of aromatic nitrogens is 2. The van der Waals surface area contributed by atoms with Crippen LogP contribution >= 0.6 is 0 Å². The average molecular weight is 304 g/mol. The standard InChI is InChI=1S/C14H23F3N4/c1-5-7-18-12-8-13(20-11(6-2)19-12)21(10(3)4)9-14(15,16)17/h8,10H,5-7,9H2,1-4H3,(H,18,19,20). The number of aryl methyl sites for hydroxylation is 1. The maximum Gasteiger partial charge on any atom is 0.405 e. The summed E-state index contributed by atoms with van der Waals surface area (Å²) >= 11 is 0. The van der Waals surface area contributed by atoms with Crippen LogP contribution in [0.5, 0.6) is 0 Å². The smallest absolute Gasteiger partial charge is 0.370 e. The van der Waals surface area contributed by atoms with Gasteiger partial charge < -0.3 is 10.2 Å². The van der Waals surface area contributed by atoms with Crippen molar-refractivity contribution in [1.82, 2.24) is 9.97 Å². The normalized spacial score (nSPS) is 11.8. The van der Waals surface area contributed by atoms with Crippen LogP contribution in [0.2, 0.25) is 0 Å². The first-order valence-corrected chi connectivity index (χ1v) is 7.22. The maximum absolute atomic E-state index is 12.7. The number of halogens is 3. The first kappa shape index (κ1) is 17.5. The summed E-state index contributed by atoms with van der Waals surface area (Å²) in [6.45, 7) is 7.04. The van der Waals surface area contributed by atoms with Crippen molar-refractivity contribution in [3.8, 4) is 0 Å². The van der Waals surface area contributed by atoms with Crippen LogP contribution in [-0.2, 0) is 6.42 Å². The Balaban J connectivity index is 3.11. The molecule has 0 aliphatic rings. The number of hydrogen-bond acceptors (Lipinski definition) is 4. The summed E-state index contributed by atoms with van der Waals surface area (Å²) in [4.78, 5) is 9.79. The van der Waals surface area contributed by atoms with Crippen molar-refractivity contribution < 1.29 is 13.2 Å². The molecule has 0 aromatic carbocycles. The van der Waals surface area contributed by atoms with Gasteiger partial charge in [-0.1, -0.05) is 13.8 Å². The lowest BCUT2D eigenvalue weighted by Gasteiger charge is -2.29. The van der Waals surface area contributed by atoms with E-state index in [4.69, 9.17) is 0 Å². The van der Waals surface area contributed by atoms with E-state index in [-0.39, 0.29) is 6.04 Å². The number of nitrogens with zero attached hydrogens (tertiary/aromatic N) is 3. The van der Waals surface area contributed by atoms with Gasteiger partial charge in [-0.05, 0) is 20.3 Å². The fraction of sp³-hybridized carbons (Fsp3) is 0.714. The molecule has 0 atom stereocenters. The second kappa shape index (κ2) is 7.47. The number of anilines is 2. The molecule has 4 nitrogen and oxygen atoms in total. The molecule has 0 spiro atoms. The molecule has 0 aliphatic heterocycles. The summed E-state index contributed by atoms with van der Waals surface area (Å²) in [6.07, 6.45) is -2.78. The third-order valence-electron chi connectivity index (χ3n) is 2.90. The van der Waals surface area contributed by atoms with E-state index in [1.165, 1.54) is 4.90 Å². The number of rotatable bonds is 7. The molecule has 0 saturated heterocycles. The van der Waals surface area contributed by atoms with E-state index in [2.05, 4.69) is 15.3 Å². The van der Waals surface area contributed by atoms with Crippen LogP contribution in [0.1, 0.15) is 39.9 Å². The predicted octanol–water partition coefficient (Wildman–Crippen LogP) is 3.64. The van der Waals surface area contributed by atoms with E-state index in [1.807, 2.05) is 13.8 Å². The molecule has 0 aliphatic carbocycles. The highest BCUT2D eigenvalue weighted by atomic mass is 19.4. The Morgan fingerprint density at radius 1 is 1.24 bits per heavy atom. The monoisotopic (exact) mass is 304 g/mol. The van der Waals surface area contributed by atoms with Gasteiger partial charge in [-0.2, -0.15) is 13.2 Å². The van der Waals surface area contributed by atoms with Gasteiger partial charge in [0.1, 0.15) is 24.0 Å². The van der Waals surface area contributed by atoms with Crippen molar-refractivity contribution in [3.05, 3.63) is 11.9 Å². The summed E-state index contributed by atoms with van der Waals surface area (Å²) in [5.41, 5.74) is 0. The van der Waals surface area contributed by atoms with Crippen LogP contribution in [0.25, 0.3) is 0 Å². The number of alkyl halides is 3. The van der Waals surface area contributed by atoms with Crippen LogP contribution in [-0.4, -0.2) is 35.3 Å². The zero-order chi connectivity index (χ0) is 16.0. The molecule has 1 aromatic rings. The van der Waals surface area contributed by atoms with Gasteiger partial charge >= 0.3 is 6.18 Å². The second-order valence-corrected chi connectivity index (χ2v) is 5.14. The van der Waals surface area contributed by atoms with Crippen LogP contribution in [0.15, 0.2) is 6.07 Å². The highest BCUT2D eigenvalue weighted by molar-refractivity contribution is 5.50. The summed E-state index contributed by atoms with van der Waals surface area (Å²) in [5.74, 6) is 1.43. The minimum absolute atomic E-state index is 0.301. The highest BCUT2D eigenvalue weighted by Gasteiger charge is 2.32. The molecule has 0 unspecified atom stereocenters. The van der Waals surface area contributed by atoms with Crippen molar-refractivity contribution in [1.29, 1.82) is 0 Å². The van der Waals surface area contributed by atoms with Gasteiger partial charge in [0.25, 0.3) is 0 Å². The first-order valence-electron chi connectivity index (χ1n) is 7.22. The summed E-state index contributed by atoms with van der Waals surface area (Å²) < 4.78 is 38.2. The van der Waals surface area contributed by atoms with E-state index in [9.17, 15) is 13.2 Å². The molecule has 0 saturated carbocycles. The van der Waals surface area contributed by atoms with Crippen molar-refractivity contribution >= 4 is 11.6 Å². The van der Waals surface area contributed by atoms with E-state index >= 15 is 0 Å². The van der Waals surface area contributed by atoms with Crippen LogP contribution in [0.4, 0.5) is 24.8 Å². The third kappa shape index (κ3) is 5.77. The molecule has 21 heavy (non-hydrogen) atoms. The van der Waals surface area contributed by atoms with Crippen molar-refractivity contribution in [3.63, 3.8) is 0 Å². The summed E-state index contributed by atoms with van der Waals surface area (Å²) in [6, 6.07) is 1.28. The van der Waals surface area contributed by atoms with Gasteiger partial charge in [0.15, 0.2) is 0 Å². The van der Waals surface area contributed by atoms with Crippen molar-refractivity contribution in [2.24, 2.45) is 0 Å². The zero-order valence-electron chi connectivity index (χ0n) is 13.0. The molecule has 1 rings (SSSR count). The van der Waals surface area contributed by atoms with E-state index in [1.54, 1.807) is 19.9 Å². The lowest BCUT2D eigenvalue weighted by molar-refractivity contribution is -0.120. The third-order valence-corrected chi connectivity index (χ3v) is 2.90. The van der Waals surface area contributed by atoms with Crippen LogP contribution in [0, 0.1) is 0 Å². The molecular weight excluding hydrogens is 281 g/mol. The van der Waals surface area contributed by atoms with Gasteiger partial charge in [0.05, 0.1) is 0 Å². The molecule has 0 bridgehead atoms. The van der Waals surface area contributed by atoms with Gasteiger partial charge in [-0.15, -0.1) is 0 Å². The van der Waals surface area contributed by atoms with Gasteiger partial charge in [-0.3, -0.25) is 0 Å². The van der Waals surface area contributed by atoms with E-state index in [0.29, 0.717) is 23.9 Å². The molecule has 1 aromatic heterocycles. The Hall–Kier alpha value is -1.53. The van der Waals surface area contributed by atoms with Gasteiger partial charge in [0, 0.05) is 25.1 Å². The SMILES string of the molecule is CCCNc1cc(N(CC(F)(F)F)C(C)C)nc(CC)n1. The maximum atomic E-state index is 12.7. The zero-order valence-corrected chi connectivity index (χ0v) is 13.0. The lowest BCUT2D eigenvalue weighted by Crippen LogP contribution is -2.39. The largest absolute Gasteiger partial charge is 0.405 e. The summed E-state index contributed by atoms with van der Waals surface area (Å²) in [5, 5.41) is 3.11. The second-order valence-electron chi connectivity index (χ2n) is 5.14. The van der Waals surface area contributed by atoms with E-state index in [0.717, 1.165) is 13.0 Å². The quantitative estimate of drug-likeness (QED) is 0.835. The predicted molar refractivity (Wildman–Crippen MR) is 78.7 cm³/mol. The Kier molecular flexibility index (Phi) is 6.23. The molecule has 0 radical (unpaired) electrons. The minimum Gasteiger partial charge on any atom is -0.370 e. The Labute approximate surface area is 123 Å². The molecule has 1 heterocycles. The molecule has 120 valence electrons. The molecule has 7 heteroatoms. The number of nitrogens with one attached hydrogen (secondary N) is 1. The topological polar surface area (TPSA) is 41.0 Å². The molecular formula is C14H23F3N4. The fourth-order valence-corrected chi connectivity index (χ4v) is 1.85. The van der Waals surface area contributed by atoms with Crippen LogP contribution in [0.3, 0.4) is 0 Å². The Morgan fingerprint density at radius 2 is 1.90 bits per heavy atom. The first-order chi connectivity index (χ1) is 9.76. The van der Waals surface area contributed by atoms with Gasteiger partial charge in [-0.25, -0.2) is 9.97 Å². The average Bonchev–Trinajstić information content (AvgIpc) is 2.40. The Morgan fingerprint density at radius 3 is 2.38 bits per heavy atom. The summed E-state index contributed by atoms with van der Waals surface area (Å²) in [7, 11) is 0. The Bertz CT molecular complexity index is 446. The molecule has 0 amide bonds. The van der Waals surface area contributed by atoms with Crippen LogP contribution < -0.4 is 10.2 Å². The number of hydrogen-bond donors (Lipinski definition) is 1. The van der Waals surface area contributed by atoms with Crippen molar-refractivity contribution in [2.75, 3.05) is 23.3 Å². The molecule has 1 N–H and O–H groups in total. The van der Waals surface area contributed by atoms with E-state index < -0.39 is 12.7 Å².